The zero-order valence-corrected chi connectivity index (χ0v) is 33.6. The fraction of sp³-hybridized carbons (Fsp3) is 0.163. The number of thiocarbonyl (C=S) groups is 1. The van der Waals surface area contributed by atoms with Crippen LogP contribution in [0, 0.1) is 11.3 Å². The number of imidazole rings is 1. The average Bonchev–Trinajstić information content (AvgIpc) is 3.63. The Morgan fingerprint density at radius 3 is 2.36 bits per heavy atom. The van der Waals surface area contributed by atoms with Crippen LogP contribution >= 0.6 is 51.3 Å². The molecule has 8 nitrogen and oxygen atoms in total. The van der Waals surface area contributed by atoms with Crippen molar-refractivity contribution >= 4 is 68.1 Å². The highest BCUT2D eigenvalue weighted by molar-refractivity contribution is 9.10. The summed E-state index contributed by atoms with van der Waals surface area (Å²) in [4.78, 5) is 20.2. The van der Waals surface area contributed by atoms with Crippen LogP contribution in [0.1, 0.15) is 33.5 Å². The van der Waals surface area contributed by atoms with Gasteiger partial charge in [-0.2, -0.15) is 5.26 Å². The van der Waals surface area contributed by atoms with Gasteiger partial charge in [-0.15, -0.1) is 0 Å². The van der Waals surface area contributed by atoms with Crippen molar-refractivity contribution < 1.29 is 9.53 Å². The fourth-order valence-corrected chi connectivity index (χ4v) is 6.87. The van der Waals surface area contributed by atoms with E-state index in [0.29, 0.717) is 53.4 Å². The standard InChI is InChI=1S/C43H37BrCl2N6O2S/c44-35-15-17-36(18-16-35)50-43(55)51(26-34-7-4-8-40(45)42(34)46)27-37(21-30-13-19-39(20-14-30)54-28-33-5-2-1-3-6-33)49-41(53)22-38-24-48-29-52(38)25-32-11-9-31(23-47)10-12-32/h1-20,24,29,37H,21-22,25-28H2,(H,49,53)(H,50,55)/t37-/m0/s1. The first-order valence-electron chi connectivity index (χ1n) is 17.5. The van der Waals surface area contributed by atoms with E-state index in [0.717, 1.165) is 43.9 Å². The van der Waals surface area contributed by atoms with Gasteiger partial charge >= 0.3 is 0 Å². The van der Waals surface area contributed by atoms with E-state index in [-0.39, 0.29) is 18.4 Å². The zero-order chi connectivity index (χ0) is 38.6. The number of carbonyl (C=O) groups is 1. The topological polar surface area (TPSA) is 95.2 Å². The van der Waals surface area contributed by atoms with Crippen molar-refractivity contribution in [3.8, 4) is 11.8 Å². The van der Waals surface area contributed by atoms with Crippen LogP contribution in [0.15, 0.2) is 138 Å². The smallest absolute Gasteiger partial charge is 0.226 e. The van der Waals surface area contributed by atoms with Gasteiger partial charge in [0.1, 0.15) is 12.4 Å². The molecule has 12 heteroatoms. The van der Waals surface area contributed by atoms with Gasteiger partial charge in [-0.3, -0.25) is 4.79 Å². The van der Waals surface area contributed by atoms with Crippen LogP contribution in [-0.4, -0.2) is 38.1 Å². The van der Waals surface area contributed by atoms with Crippen LogP contribution in [0.4, 0.5) is 5.69 Å². The molecular formula is C43H37BrCl2N6O2S. The Balaban J connectivity index is 1.23. The van der Waals surface area contributed by atoms with Crippen molar-refractivity contribution in [2.24, 2.45) is 0 Å². The number of rotatable bonds is 15. The molecule has 0 aliphatic heterocycles. The number of amides is 1. The SMILES string of the molecule is N#Cc1ccc(Cn2cncc2CC(=O)N[C@@H](Cc2ccc(OCc3ccccc3)cc2)CN(Cc2cccc(Cl)c2Cl)C(=S)Nc2ccc(Br)cc2)cc1. The maximum atomic E-state index is 13.9. The highest BCUT2D eigenvalue weighted by Crippen LogP contribution is 2.27. The number of nitrogens with one attached hydrogen (secondary N) is 2. The lowest BCUT2D eigenvalue weighted by Crippen LogP contribution is -2.48. The lowest BCUT2D eigenvalue weighted by molar-refractivity contribution is -0.121. The molecule has 6 rings (SSSR count). The van der Waals surface area contributed by atoms with E-state index >= 15 is 0 Å². The van der Waals surface area contributed by atoms with Crippen LogP contribution in [0.25, 0.3) is 0 Å². The second-order valence-electron chi connectivity index (χ2n) is 12.9. The molecule has 2 N–H and O–H groups in total. The summed E-state index contributed by atoms with van der Waals surface area (Å²) < 4.78 is 8.92. The Morgan fingerprint density at radius 1 is 0.909 bits per heavy atom. The van der Waals surface area contributed by atoms with Gasteiger partial charge in [0.25, 0.3) is 0 Å². The molecule has 0 unspecified atom stereocenters. The van der Waals surface area contributed by atoms with Gasteiger partial charge in [-0.1, -0.05) is 106 Å². The maximum Gasteiger partial charge on any atom is 0.226 e. The summed E-state index contributed by atoms with van der Waals surface area (Å²) in [7, 11) is 0. The molecule has 0 saturated heterocycles. The van der Waals surface area contributed by atoms with E-state index in [2.05, 4.69) is 37.6 Å². The molecular weight excluding hydrogens is 815 g/mol. The molecule has 1 aromatic heterocycles. The number of hydrogen-bond donors (Lipinski definition) is 2. The van der Waals surface area contributed by atoms with Crippen LogP contribution < -0.4 is 15.4 Å². The Kier molecular flexibility index (Phi) is 14.0. The largest absolute Gasteiger partial charge is 0.489 e. The minimum atomic E-state index is -0.374. The summed E-state index contributed by atoms with van der Waals surface area (Å²) in [6.07, 6.45) is 4.04. The van der Waals surface area contributed by atoms with Crippen LogP contribution in [-0.2, 0) is 37.3 Å². The normalized spacial score (nSPS) is 11.3. The van der Waals surface area contributed by atoms with Crippen molar-refractivity contribution in [1.29, 1.82) is 5.26 Å². The van der Waals surface area contributed by atoms with Gasteiger partial charge in [-0.05, 0) is 95.5 Å². The molecule has 0 bridgehead atoms. The summed E-state index contributed by atoms with van der Waals surface area (Å²) in [6, 6.07) is 40.3. The average molecular weight is 853 g/mol. The highest BCUT2D eigenvalue weighted by Gasteiger charge is 2.22. The Morgan fingerprint density at radius 2 is 1.64 bits per heavy atom. The van der Waals surface area contributed by atoms with Crippen molar-refractivity contribution in [3.05, 3.63) is 182 Å². The second kappa shape index (κ2) is 19.4. The minimum Gasteiger partial charge on any atom is -0.489 e. The van der Waals surface area contributed by atoms with Crippen LogP contribution in [0.3, 0.4) is 0 Å². The van der Waals surface area contributed by atoms with Crippen molar-refractivity contribution in [3.63, 3.8) is 0 Å². The quantitative estimate of drug-likeness (QED) is 0.0995. The summed E-state index contributed by atoms with van der Waals surface area (Å²) in [5.74, 6) is 0.586. The number of hydrogen-bond acceptors (Lipinski definition) is 5. The molecule has 0 spiro atoms. The summed E-state index contributed by atoms with van der Waals surface area (Å²) in [5.41, 5.74) is 6.05. The van der Waals surface area contributed by atoms with Crippen molar-refractivity contribution in [2.45, 2.75) is 38.6 Å². The number of benzene rings is 5. The number of nitriles is 1. The first kappa shape index (κ1) is 39.5. The van der Waals surface area contributed by atoms with E-state index in [1.54, 1.807) is 30.7 Å². The number of carbonyl (C=O) groups excluding carboxylic acids is 1. The van der Waals surface area contributed by atoms with E-state index in [9.17, 15) is 10.1 Å². The molecule has 0 aliphatic carbocycles. The first-order valence-corrected chi connectivity index (χ1v) is 19.5. The monoisotopic (exact) mass is 850 g/mol. The van der Waals surface area contributed by atoms with Crippen LogP contribution in [0.5, 0.6) is 5.75 Å². The molecule has 6 aromatic rings. The molecule has 278 valence electrons. The number of nitrogens with zero attached hydrogens (tertiary/aromatic N) is 4. The van der Waals surface area contributed by atoms with E-state index < -0.39 is 0 Å². The molecule has 1 heterocycles. The predicted molar refractivity (Wildman–Crippen MR) is 226 cm³/mol. The fourth-order valence-electron chi connectivity index (χ4n) is 5.97. The van der Waals surface area contributed by atoms with Gasteiger partial charge in [0, 0.05) is 41.7 Å². The Labute approximate surface area is 344 Å². The maximum absolute atomic E-state index is 13.9. The summed E-state index contributed by atoms with van der Waals surface area (Å²) in [6.45, 7) is 1.68. The number of halogens is 3. The van der Waals surface area contributed by atoms with Crippen molar-refractivity contribution in [1.82, 2.24) is 19.8 Å². The van der Waals surface area contributed by atoms with Gasteiger partial charge in [0.15, 0.2) is 5.11 Å². The van der Waals surface area contributed by atoms with Gasteiger partial charge in [0.2, 0.25) is 5.91 Å². The Bertz CT molecular complexity index is 2250. The highest BCUT2D eigenvalue weighted by atomic mass is 79.9. The summed E-state index contributed by atoms with van der Waals surface area (Å²) >= 11 is 22.6. The minimum absolute atomic E-state index is 0.112. The molecule has 0 aliphatic rings. The summed E-state index contributed by atoms with van der Waals surface area (Å²) in [5, 5.41) is 17.2. The van der Waals surface area contributed by atoms with E-state index in [1.807, 2.05) is 113 Å². The van der Waals surface area contributed by atoms with E-state index in [4.69, 9.17) is 40.2 Å². The second-order valence-corrected chi connectivity index (χ2v) is 15.0. The van der Waals surface area contributed by atoms with Gasteiger partial charge < -0.3 is 24.8 Å². The third-order valence-corrected chi connectivity index (χ3v) is 10.6. The first-order chi connectivity index (χ1) is 26.7. The van der Waals surface area contributed by atoms with Crippen molar-refractivity contribution in [2.75, 3.05) is 11.9 Å². The molecule has 55 heavy (non-hydrogen) atoms. The Hall–Kier alpha value is -5.18. The van der Waals surface area contributed by atoms with Crippen LogP contribution in [0.2, 0.25) is 10.0 Å². The number of anilines is 1. The lowest BCUT2D eigenvalue weighted by atomic mass is 10.0. The number of aromatic nitrogens is 2. The molecule has 0 fully saturated rings. The number of ether oxygens (including phenoxy) is 1. The molecule has 0 radical (unpaired) electrons. The lowest BCUT2D eigenvalue weighted by Gasteiger charge is -2.31. The molecule has 5 aromatic carbocycles. The van der Waals surface area contributed by atoms with Gasteiger partial charge in [0.05, 0.1) is 40.5 Å². The molecule has 1 amide bonds. The third-order valence-electron chi connectivity index (χ3n) is 8.81. The van der Waals surface area contributed by atoms with E-state index in [1.165, 1.54) is 0 Å². The molecule has 1 atom stereocenters. The van der Waals surface area contributed by atoms with Gasteiger partial charge in [-0.25, -0.2) is 4.98 Å². The third kappa shape index (κ3) is 11.7. The zero-order valence-electron chi connectivity index (χ0n) is 29.7. The molecule has 0 saturated carbocycles. The predicted octanol–water partition coefficient (Wildman–Crippen LogP) is 9.62.